The summed E-state index contributed by atoms with van der Waals surface area (Å²) in [7, 11) is 0. The Labute approximate surface area is 161 Å². The first-order chi connectivity index (χ1) is 13.1. The van der Waals surface area contributed by atoms with E-state index in [0.717, 1.165) is 45.6 Å². The highest BCUT2D eigenvalue weighted by atomic mass is 16.3. The van der Waals surface area contributed by atoms with Crippen molar-refractivity contribution in [3.8, 4) is 0 Å². The molecule has 144 valence electrons. The van der Waals surface area contributed by atoms with E-state index in [2.05, 4.69) is 47.1 Å². The summed E-state index contributed by atoms with van der Waals surface area (Å²) in [6, 6.07) is 10.9. The number of rotatable bonds is 3. The minimum absolute atomic E-state index is 0.0128. The Balaban J connectivity index is 1.47. The highest BCUT2D eigenvalue weighted by molar-refractivity contribution is 5.93. The normalized spacial score (nSPS) is 22.9. The monoisotopic (exact) mass is 367 g/mol. The van der Waals surface area contributed by atoms with E-state index < -0.39 is 0 Å². The average molecular weight is 367 g/mol. The number of nitrogens with zero attached hydrogens (tertiary/aromatic N) is 3. The van der Waals surface area contributed by atoms with Crippen LogP contribution in [0, 0.1) is 12.3 Å². The molecule has 1 aromatic heterocycles. The summed E-state index contributed by atoms with van der Waals surface area (Å²) < 4.78 is 5.21. The summed E-state index contributed by atoms with van der Waals surface area (Å²) in [5.74, 6) is 1.21. The zero-order valence-corrected chi connectivity index (χ0v) is 16.4. The Hall–Kier alpha value is -2.14. The maximum Gasteiger partial charge on any atom is 0.276 e. The summed E-state index contributed by atoms with van der Waals surface area (Å²) in [6.07, 6.45) is 4.71. The minimum Gasteiger partial charge on any atom is -0.448 e. The van der Waals surface area contributed by atoms with Crippen LogP contribution in [0.4, 0.5) is 0 Å². The molecule has 2 aliphatic heterocycles. The molecule has 0 radical (unpaired) electrons. The maximum absolute atomic E-state index is 12.8. The van der Waals surface area contributed by atoms with Gasteiger partial charge in [-0.15, -0.1) is 0 Å². The van der Waals surface area contributed by atoms with Crippen LogP contribution in [0.1, 0.15) is 53.9 Å². The van der Waals surface area contributed by atoms with Crippen molar-refractivity contribution >= 4 is 5.91 Å². The predicted molar refractivity (Wildman–Crippen MR) is 105 cm³/mol. The molecule has 5 heteroatoms. The van der Waals surface area contributed by atoms with Crippen LogP contribution in [0.25, 0.3) is 0 Å². The Morgan fingerprint density at radius 3 is 2.63 bits per heavy atom. The van der Waals surface area contributed by atoms with Gasteiger partial charge in [0.25, 0.3) is 5.91 Å². The zero-order valence-electron chi connectivity index (χ0n) is 16.4. The van der Waals surface area contributed by atoms with Crippen LogP contribution in [0.15, 0.2) is 41.1 Å². The van der Waals surface area contributed by atoms with E-state index in [1.165, 1.54) is 18.4 Å². The first-order valence-electron chi connectivity index (χ1n) is 10.1. The number of likely N-dealkylation sites (N-methyl/N-ethyl adjacent to an activating group) is 1. The number of aryl methyl sites for hydroxylation is 1. The SMILES string of the molecule is CCN1C[C@@H](c2ccccc2)CC2(CCN(C(=O)c3ncoc3C)CC2)C1. The smallest absolute Gasteiger partial charge is 0.276 e. The molecule has 1 atom stereocenters. The van der Waals surface area contributed by atoms with Crippen LogP contribution in [-0.4, -0.2) is 53.4 Å². The van der Waals surface area contributed by atoms with Crippen molar-refractivity contribution in [2.24, 2.45) is 5.41 Å². The van der Waals surface area contributed by atoms with Gasteiger partial charge in [-0.05, 0) is 49.6 Å². The van der Waals surface area contributed by atoms with Gasteiger partial charge in [0, 0.05) is 26.2 Å². The molecule has 27 heavy (non-hydrogen) atoms. The molecule has 2 fully saturated rings. The van der Waals surface area contributed by atoms with Gasteiger partial charge in [-0.25, -0.2) is 4.98 Å². The first kappa shape index (κ1) is 18.2. The third kappa shape index (κ3) is 3.65. The van der Waals surface area contributed by atoms with Crippen LogP contribution in [0.5, 0.6) is 0 Å². The van der Waals surface area contributed by atoms with E-state index in [1.807, 2.05) is 4.90 Å². The quantitative estimate of drug-likeness (QED) is 0.830. The van der Waals surface area contributed by atoms with Gasteiger partial charge in [-0.3, -0.25) is 4.79 Å². The highest BCUT2D eigenvalue weighted by Gasteiger charge is 2.42. The molecule has 1 aromatic carbocycles. The van der Waals surface area contributed by atoms with Crippen LogP contribution >= 0.6 is 0 Å². The zero-order chi connectivity index (χ0) is 18.9. The summed E-state index contributed by atoms with van der Waals surface area (Å²) in [5.41, 5.74) is 2.23. The molecule has 4 rings (SSSR count). The van der Waals surface area contributed by atoms with Crippen molar-refractivity contribution in [3.05, 3.63) is 53.7 Å². The molecule has 2 aliphatic rings. The number of aromatic nitrogens is 1. The lowest BCUT2D eigenvalue weighted by atomic mass is 9.68. The second-order valence-electron chi connectivity index (χ2n) is 8.19. The van der Waals surface area contributed by atoms with E-state index >= 15 is 0 Å². The molecule has 2 aromatic rings. The summed E-state index contributed by atoms with van der Waals surface area (Å²) >= 11 is 0. The summed E-state index contributed by atoms with van der Waals surface area (Å²) in [6.45, 7) is 9.06. The molecule has 1 spiro atoms. The second kappa shape index (κ2) is 7.47. The van der Waals surface area contributed by atoms with Crippen molar-refractivity contribution in [1.29, 1.82) is 0 Å². The van der Waals surface area contributed by atoms with Crippen LogP contribution in [-0.2, 0) is 0 Å². The number of carbonyl (C=O) groups is 1. The largest absolute Gasteiger partial charge is 0.448 e. The predicted octanol–water partition coefficient (Wildman–Crippen LogP) is 3.71. The van der Waals surface area contributed by atoms with Crippen molar-refractivity contribution in [2.45, 2.75) is 39.0 Å². The third-order valence-corrected chi connectivity index (χ3v) is 6.49. The van der Waals surface area contributed by atoms with Gasteiger partial charge >= 0.3 is 0 Å². The topological polar surface area (TPSA) is 49.6 Å². The van der Waals surface area contributed by atoms with Gasteiger partial charge in [-0.2, -0.15) is 0 Å². The number of hydrogen-bond acceptors (Lipinski definition) is 4. The molecule has 1 amide bonds. The Bertz CT molecular complexity index is 778. The van der Waals surface area contributed by atoms with E-state index in [9.17, 15) is 4.79 Å². The minimum atomic E-state index is 0.0128. The standard InChI is InChI=1S/C22H29N3O2/c1-3-24-14-19(18-7-5-4-6-8-18)13-22(15-24)9-11-25(12-10-22)21(26)20-17(2)27-16-23-20/h4-8,16,19H,3,9-15H2,1-2H3/t19-/m0/s1. The van der Waals surface area contributed by atoms with Crippen molar-refractivity contribution in [3.63, 3.8) is 0 Å². The maximum atomic E-state index is 12.8. The number of amides is 1. The Morgan fingerprint density at radius 1 is 1.26 bits per heavy atom. The number of benzene rings is 1. The van der Waals surface area contributed by atoms with Gasteiger partial charge in [0.05, 0.1) is 0 Å². The van der Waals surface area contributed by atoms with E-state index in [1.54, 1.807) is 6.92 Å². The molecular formula is C22H29N3O2. The summed E-state index contributed by atoms with van der Waals surface area (Å²) in [4.78, 5) is 21.4. The molecule has 3 heterocycles. The molecule has 0 unspecified atom stereocenters. The third-order valence-electron chi connectivity index (χ3n) is 6.49. The lowest BCUT2D eigenvalue weighted by Gasteiger charge is -2.50. The fourth-order valence-corrected chi connectivity index (χ4v) is 4.90. The van der Waals surface area contributed by atoms with Crippen molar-refractivity contribution < 1.29 is 9.21 Å². The molecule has 2 saturated heterocycles. The van der Waals surface area contributed by atoms with E-state index in [4.69, 9.17) is 4.42 Å². The van der Waals surface area contributed by atoms with Gasteiger partial charge < -0.3 is 14.2 Å². The van der Waals surface area contributed by atoms with Crippen LogP contribution < -0.4 is 0 Å². The lowest BCUT2D eigenvalue weighted by molar-refractivity contribution is 0.0156. The van der Waals surface area contributed by atoms with Crippen molar-refractivity contribution in [2.75, 3.05) is 32.7 Å². The van der Waals surface area contributed by atoms with E-state index in [-0.39, 0.29) is 5.91 Å². The molecule has 0 saturated carbocycles. The fourth-order valence-electron chi connectivity index (χ4n) is 4.90. The van der Waals surface area contributed by atoms with Gasteiger partial charge in [-0.1, -0.05) is 37.3 Å². The van der Waals surface area contributed by atoms with Gasteiger partial charge in [0.1, 0.15) is 5.76 Å². The van der Waals surface area contributed by atoms with Crippen LogP contribution in [0.2, 0.25) is 0 Å². The Kier molecular flexibility index (Phi) is 5.04. The lowest BCUT2D eigenvalue weighted by Crippen LogP contribution is -2.52. The number of hydrogen-bond donors (Lipinski definition) is 0. The first-order valence-corrected chi connectivity index (χ1v) is 10.1. The fraction of sp³-hybridized carbons (Fsp3) is 0.545. The van der Waals surface area contributed by atoms with E-state index in [0.29, 0.717) is 22.8 Å². The number of oxazole rings is 1. The highest BCUT2D eigenvalue weighted by Crippen LogP contribution is 2.45. The summed E-state index contributed by atoms with van der Waals surface area (Å²) in [5, 5.41) is 0. The number of piperidine rings is 2. The Morgan fingerprint density at radius 2 is 2.00 bits per heavy atom. The molecule has 0 N–H and O–H groups in total. The van der Waals surface area contributed by atoms with Crippen LogP contribution in [0.3, 0.4) is 0 Å². The molecule has 5 nitrogen and oxygen atoms in total. The van der Waals surface area contributed by atoms with Crippen molar-refractivity contribution in [1.82, 2.24) is 14.8 Å². The van der Waals surface area contributed by atoms with Gasteiger partial charge in [0.2, 0.25) is 0 Å². The number of likely N-dealkylation sites (tertiary alicyclic amines) is 2. The molecule has 0 aliphatic carbocycles. The second-order valence-corrected chi connectivity index (χ2v) is 8.19. The average Bonchev–Trinajstić information content (AvgIpc) is 3.14. The number of carbonyl (C=O) groups excluding carboxylic acids is 1. The molecule has 0 bridgehead atoms. The molecular weight excluding hydrogens is 338 g/mol. The van der Waals surface area contributed by atoms with Gasteiger partial charge in [0.15, 0.2) is 12.1 Å².